The van der Waals surface area contributed by atoms with E-state index in [1.807, 2.05) is 18.7 Å². The monoisotopic (exact) mass is 253 g/mol. The second-order valence-corrected chi connectivity index (χ2v) is 7.45. The molecular formula is C9H19NO3S2. The number of aliphatic hydroxyl groups is 1. The highest BCUT2D eigenvalue weighted by atomic mass is 32.2. The van der Waals surface area contributed by atoms with Crippen LogP contribution in [0.25, 0.3) is 0 Å². The predicted molar refractivity (Wildman–Crippen MR) is 64.0 cm³/mol. The van der Waals surface area contributed by atoms with Crippen LogP contribution in [0.2, 0.25) is 0 Å². The van der Waals surface area contributed by atoms with Crippen LogP contribution < -0.4 is 5.32 Å². The van der Waals surface area contributed by atoms with Crippen molar-refractivity contribution in [2.75, 3.05) is 23.0 Å². The Hall–Kier alpha value is 0.220. The van der Waals surface area contributed by atoms with Gasteiger partial charge in [0.05, 0.1) is 17.6 Å². The minimum Gasteiger partial charge on any atom is -0.390 e. The molecule has 4 nitrogen and oxygen atoms in total. The van der Waals surface area contributed by atoms with E-state index in [1.165, 1.54) is 0 Å². The van der Waals surface area contributed by atoms with Crippen molar-refractivity contribution < 1.29 is 13.5 Å². The maximum absolute atomic E-state index is 11.2. The van der Waals surface area contributed by atoms with Gasteiger partial charge in [0.25, 0.3) is 0 Å². The van der Waals surface area contributed by atoms with Crippen molar-refractivity contribution >= 4 is 21.6 Å². The Labute approximate surface area is 95.7 Å². The molecule has 0 aromatic heterocycles. The Morgan fingerprint density at radius 2 is 2.20 bits per heavy atom. The zero-order valence-corrected chi connectivity index (χ0v) is 10.8. The number of hydrogen-bond acceptors (Lipinski definition) is 5. The fourth-order valence-electron chi connectivity index (χ4n) is 1.70. The van der Waals surface area contributed by atoms with Crippen molar-refractivity contribution in [1.82, 2.24) is 5.32 Å². The van der Waals surface area contributed by atoms with E-state index in [0.29, 0.717) is 0 Å². The Morgan fingerprint density at radius 3 is 2.67 bits per heavy atom. The molecule has 0 radical (unpaired) electrons. The molecule has 1 saturated heterocycles. The van der Waals surface area contributed by atoms with Crippen LogP contribution in [0.3, 0.4) is 0 Å². The molecule has 1 rings (SSSR count). The lowest BCUT2D eigenvalue weighted by atomic mass is 10.2. The summed E-state index contributed by atoms with van der Waals surface area (Å²) >= 11 is 1.81. The molecule has 0 aromatic rings. The van der Waals surface area contributed by atoms with Crippen LogP contribution in [0.4, 0.5) is 0 Å². The summed E-state index contributed by atoms with van der Waals surface area (Å²) in [5.74, 6) is 1.96. The van der Waals surface area contributed by atoms with Gasteiger partial charge in [0.15, 0.2) is 9.84 Å². The van der Waals surface area contributed by atoms with E-state index in [0.717, 1.165) is 11.5 Å². The molecule has 0 spiro atoms. The lowest BCUT2D eigenvalue weighted by Gasteiger charge is -2.20. The molecule has 15 heavy (non-hydrogen) atoms. The van der Waals surface area contributed by atoms with Crippen LogP contribution in [0.1, 0.15) is 13.8 Å². The molecule has 0 aromatic carbocycles. The molecule has 6 heteroatoms. The lowest BCUT2D eigenvalue weighted by molar-refractivity contribution is 0.162. The Kier molecular flexibility index (Phi) is 4.89. The number of rotatable bonds is 5. The molecule has 3 unspecified atom stereocenters. The van der Waals surface area contributed by atoms with Gasteiger partial charge in [-0.2, -0.15) is 11.8 Å². The number of aliphatic hydroxyl groups excluding tert-OH is 1. The average molecular weight is 253 g/mol. The Balaban J connectivity index is 2.39. The van der Waals surface area contributed by atoms with Gasteiger partial charge in [0.2, 0.25) is 0 Å². The predicted octanol–water partition coefficient (Wildman–Crippen LogP) is -0.124. The fraction of sp³-hybridized carbons (Fsp3) is 1.00. The van der Waals surface area contributed by atoms with Crippen LogP contribution in [0, 0.1) is 0 Å². The smallest absolute Gasteiger partial charge is 0.154 e. The number of hydrogen-bond donors (Lipinski definition) is 2. The third-order valence-electron chi connectivity index (χ3n) is 2.39. The van der Waals surface area contributed by atoms with E-state index in [2.05, 4.69) is 12.2 Å². The molecule has 0 amide bonds. The SMILES string of the molecule is CCSCC(C)NC1CS(=O)(=O)CC1O. The van der Waals surface area contributed by atoms with E-state index < -0.39 is 15.9 Å². The molecule has 1 aliphatic heterocycles. The first-order valence-electron chi connectivity index (χ1n) is 5.17. The van der Waals surface area contributed by atoms with E-state index >= 15 is 0 Å². The molecule has 0 aliphatic carbocycles. The summed E-state index contributed by atoms with van der Waals surface area (Å²) in [6.07, 6.45) is -0.746. The van der Waals surface area contributed by atoms with Gasteiger partial charge in [0.1, 0.15) is 0 Å². The zero-order chi connectivity index (χ0) is 11.5. The van der Waals surface area contributed by atoms with Crippen molar-refractivity contribution in [3.05, 3.63) is 0 Å². The quantitative estimate of drug-likeness (QED) is 0.715. The fourth-order valence-corrected chi connectivity index (χ4v) is 4.14. The number of nitrogens with one attached hydrogen (secondary N) is 1. The highest BCUT2D eigenvalue weighted by molar-refractivity contribution is 7.99. The number of thioether (sulfide) groups is 1. The molecule has 0 bridgehead atoms. The van der Waals surface area contributed by atoms with Gasteiger partial charge in [-0.3, -0.25) is 0 Å². The second kappa shape index (κ2) is 5.52. The first kappa shape index (κ1) is 13.3. The highest BCUT2D eigenvalue weighted by Crippen LogP contribution is 2.14. The summed E-state index contributed by atoms with van der Waals surface area (Å²) in [5.41, 5.74) is 0. The van der Waals surface area contributed by atoms with Gasteiger partial charge in [0, 0.05) is 17.8 Å². The van der Waals surface area contributed by atoms with Gasteiger partial charge < -0.3 is 10.4 Å². The first-order chi connectivity index (χ1) is 6.94. The van der Waals surface area contributed by atoms with Gasteiger partial charge in [-0.15, -0.1) is 0 Å². The Bertz CT molecular complexity index is 292. The summed E-state index contributed by atoms with van der Waals surface area (Å²) < 4.78 is 22.5. The Morgan fingerprint density at radius 1 is 1.53 bits per heavy atom. The van der Waals surface area contributed by atoms with Crippen LogP contribution >= 0.6 is 11.8 Å². The lowest BCUT2D eigenvalue weighted by Crippen LogP contribution is -2.44. The maximum Gasteiger partial charge on any atom is 0.154 e. The molecule has 1 fully saturated rings. The first-order valence-corrected chi connectivity index (χ1v) is 8.14. The summed E-state index contributed by atoms with van der Waals surface area (Å²) in [4.78, 5) is 0. The minimum absolute atomic E-state index is 0.0648. The van der Waals surface area contributed by atoms with Crippen molar-refractivity contribution in [3.8, 4) is 0 Å². The van der Waals surface area contributed by atoms with Crippen LogP contribution in [0.15, 0.2) is 0 Å². The van der Waals surface area contributed by atoms with E-state index in [1.54, 1.807) is 0 Å². The topological polar surface area (TPSA) is 66.4 Å². The van der Waals surface area contributed by atoms with E-state index in [4.69, 9.17) is 0 Å². The van der Waals surface area contributed by atoms with Crippen LogP contribution in [-0.2, 0) is 9.84 Å². The molecular weight excluding hydrogens is 234 g/mol. The van der Waals surface area contributed by atoms with Gasteiger partial charge in [-0.1, -0.05) is 6.92 Å². The normalized spacial score (nSPS) is 31.7. The average Bonchev–Trinajstić information content (AvgIpc) is 2.36. The third kappa shape index (κ3) is 4.30. The van der Waals surface area contributed by atoms with E-state index in [9.17, 15) is 13.5 Å². The second-order valence-electron chi connectivity index (χ2n) is 3.98. The zero-order valence-electron chi connectivity index (χ0n) is 9.14. The standard InChI is InChI=1S/C9H19NO3S2/c1-3-14-4-7(2)10-8-5-15(12,13)6-9(8)11/h7-11H,3-6H2,1-2H3. The van der Waals surface area contributed by atoms with Crippen LogP contribution in [-0.4, -0.2) is 54.7 Å². The van der Waals surface area contributed by atoms with Crippen molar-refractivity contribution in [2.45, 2.75) is 32.0 Å². The summed E-state index contributed by atoms with van der Waals surface area (Å²) in [5, 5.41) is 12.7. The largest absolute Gasteiger partial charge is 0.390 e. The summed E-state index contributed by atoms with van der Waals surface area (Å²) in [7, 11) is -3.03. The molecule has 1 aliphatic rings. The summed E-state index contributed by atoms with van der Waals surface area (Å²) in [6, 6.07) is -0.0506. The highest BCUT2D eigenvalue weighted by Gasteiger charge is 2.36. The van der Waals surface area contributed by atoms with Gasteiger partial charge in [-0.25, -0.2) is 8.42 Å². The molecule has 90 valence electrons. The molecule has 1 heterocycles. The van der Waals surface area contributed by atoms with Crippen LogP contribution in [0.5, 0.6) is 0 Å². The van der Waals surface area contributed by atoms with Crippen molar-refractivity contribution in [2.24, 2.45) is 0 Å². The molecule has 3 atom stereocenters. The minimum atomic E-state index is -3.03. The van der Waals surface area contributed by atoms with Crippen molar-refractivity contribution in [1.29, 1.82) is 0 Å². The van der Waals surface area contributed by atoms with Crippen molar-refractivity contribution in [3.63, 3.8) is 0 Å². The third-order valence-corrected chi connectivity index (χ3v) is 5.25. The van der Waals surface area contributed by atoms with E-state index in [-0.39, 0.29) is 23.6 Å². The maximum atomic E-state index is 11.2. The van der Waals surface area contributed by atoms with Gasteiger partial charge in [-0.05, 0) is 12.7 Å². The molecule has 0 saturated carbocycles. The van der Waals surface area contributed by atoms with Gasteiger partial charge >= 0.3 is 0 Å². The molecule has 2 N–H and O–H groups in total. The summed E-state index contributed by atoms with van der Waals surface area (Å²) in [6.45, 7) is 4.10. The number of sulfone groups is 1.